The van der Waals surface area contributed by atoms with Crippen molar-refractivity contribution in [1.29, 1.82) is 0 Å². The number of methoxy groups -OCH3 is 1. The van der Waals surface area contributed by atoms with E-state index in [9.17, 15) is 4.79 Å². The average Bonchev–Trinajstić information content (AvgIpc) is 2.41. The SMILES string of the molecule is CNCc1cnc(-c2ccc(OC)cc2)[nH]c1=O. The molecular weight excluding hydrogens is 230 g/mol. The summed E-state index contributed by atoms with van der Waals surface area (Å²) < 4.78 is 5.08. The summed E-state index contributed by atoms with van der Waals surface area (Å²) in [5.41, 5.74) is 1.35. The topological polar surface area (TPSA) is 67.0 Å². The molecule has 2 aromatic rings. The summed E-state index contributed by atoms with van der Waals surface area (Å²) in [6.45, 7) is 0.505. The number of aromatic amines is 1. The van der Waals surface area contributed by atoms with Crippen molar-refractivity contribution >= 4 is 0 Å². The highest BCUT2D eigenvalue weighted by atomic mass is 16.5. The van der Waals surface area contributed by atoms with Crippen LogP contribution in [0.4, 0.5) is 0 Å². The number of aromatic nitrogens is 2. The van der Waals surface area contributed by atoms with Crippen molar-refractivity contribution in [3.63, 3.8) is 0 Å². The zero-order chi connectivity index (χ0) is 13.0. The Morgan fingerprint density at radius 2 is 2.06 bits per heavy atom. The second-order valence-corrected chi connectivity index (χ2v) is 3.84. The van der Waals surface area contributed by atoms with Gasteiger partial charge in [-0.2, -0.15) is 0 Å². The van der Waals surface area contributed by atoms with Gasteiger partial charge in [0.2, 0.25) is 0 Å². The lowest BCUT2D eigenvalue weighted by molar-refractivity contribution is 0.415. The molecule has 0 unspecified atom stereocenters. The Labute approximate surface area is 105 Å². The zero-order valence-corrected chi connectivity index (χ0v) is 10.4. The Balaban J connectivity index is 2.33. The van der Waals surface area contributed by atoms with Crippen molar-refractivity contribution in [2.45, 2.75) is 6.54 Å². The van der Waals surface area contributed by atoms with Crippen molar-refractivity contribution in [2.24, 2.45) is 0 Å². The molecular formula is C13H15N3O2. The Morgan fingerprint density at radius 1 is 1.33 bits per heavy atom. The fourth-order valence-corrected chi connectivity index (χ4v) is 1.63. The first-order valence-electron chi connectivity index (χ1n) is 5.62. The van der Waals surface area contributed by atoms with Crippen molar-refractivity contribution in [3.8, 4) is 17.1 Å². The number of nitrogens with one attached hydrogen (secondary N) is 2. The Kier molecular flexibility index (Phi) is 3.74. The summed E-state index contributed by atoms with van der Waals surface area (Å²) in [6, 6.07) is 7.37. The lowest BCUT2D eigenvalue weighted by atomic mass is 10.2. The first-order chi connectivity index (χ1) is 8.74. The largest absolute Gasteiger partial charge is 0.497 e. The molecule has 0 aliphatic rings. The van der Waals surface area contributed by atoms with Gasteiger partial charge in [0.15, 0.2) is 0 Å². The predicted octanol–water partition coefficient (Wildman–Crippen LogP) is 1.16. The number of hydrogen-bond acceptors (Lipinski definition) is 4. The van der Waals surface area contributed by atoms with Crippen LogP contribution < -0.4 is 15.6 Å². The predicted molar refractivity (Wildman–Crippen MR) is 69.6 cm³/mol. The Hall–Kier alpha value is -2.14. The van der Waals surface area contributed by atoms with Crippen LogP contribution in [-0.2, 0) is 6.54 Å². The van der Waals surface area contributed by atoms with E-state index in [2.05, 4.69) is 15.3 Å². The maximum atomic E-state index is 11.8. The van der Waals surface area contributed by atoms with Gasteiger partial charge in [-0.3, -0.25) is 4.79 Å². The van der Waals surface area contributed by atoms with Crippen molar-refractivity contribution in [2.75, 3.05) is 14.2 Å². The van der Waals surface area contributed by atoms with Gasteiger partial charge in [0.1, 0.15) is 11.6 Å². The number of benzene rings is 1. The van der Waals surface area contributed by atoms with E-state index in [0.29, 0.717) is 17.9 Å². The van der Waals surface area contributed by atoms with E-state index in [1.165, 1.54) is 0 Å². The molecule has 2 N–H and O–H groups in total. The first kappa shape index (κ1) is 12.3. The number of nitrogens with zero attached hydrogens (tertiary/aromatic N) is 1. The molecule has 5 heteroatoms. The molecule has 0 fully saturated rings. The van der Waals surface area contributed by atoms with Gasteiger partial charge in [0.25, 0.3) is 5.56 Å². The molecule has 18 heavy (non-hydrogen) atoms. The van der Waals surface area contributed by atoms with Crippen LogP contribution in [0.2, 0.25) is 0 Å². The van der Waals surface area contributed by atoms with Gasteiger partial charge in [-0.25, -0.2) is 4.98 Å². The third kappa shape index (κ3) is 2.57. The minimum absolute atomic E-state index is 0.120. The lowest BCUT2D eigenvalue weighted by Crippen LogP contribution is -2.19. The number of rotatable bonds is 4. The highest BCUT2D eigenvalue weighted by Crippen LogP contribution is 2.17. The molecule has 2 rings (SSSR count). The normalized spacial score (nSPS) is 10.3. The molecule has 0 aliphatic heterocycles. The van der Waals surface area contributed by atoms with Crippen LogP contribution >= 0.6 is 0 Å². The summed E-state index contributed by atoms with van der Waals surface area (Å²) in [4.78, 5) is 18.8. The van der Waals surface area contributed by atoms with Crippen LogP contribution in [-0.4, -0.2) is 24.1 Å². The summed E-state index contributed by atoms with van der Waals surface area (Å²) in [7, 11) is 3.40. The van der Waals surface area contributed by atoms with Gasteiger partial charge in [0.05, 0.1) is 7.11 Å². The monoisotopic (exact) mass is 245 g/mol. The molecule has 1 aromatic carbocycles. The highest BCUT2D eigenvalue weighted by molar-refractivity contribution is 5.55. The third-order valence-electron chi connectivity index (χ3n) is 2.60. The fraction of sp³-hybridized carbons (Fsp3) is 0.231. The van der Waals surface area contributed by atoms with Crippen molar-refractivity contribution in [3.05, 3.63) is 46.4 Å². The second kappa shape index (κ2) is 5.46. The van der Waals surface area contributed by atoms with Crippen molar-refractivity contribution < 1.29 is 4.74 Å². The van der Waals surface area contributed by atoms with Crippen LogP contribution in [0.3, 0.4) is 0 Å². The second-order valence-electron chi connectivity index (χ2n) is 3.84. The maximum Gasteiger partial charge on any atom is 0.255 e. The van der Waals surface area contributed by atoms with Gasteiger partial charge in [-0.05, 0) is 31.3 Å². The summed E-state index contributed by atoms with van der Waals surface area (Å²) in [5.74, 6) is 1.33. The average molecular weight is 245 g/mol. The smallest absolute Gasteiger partial charge is 0.255 e. The van der Waals surface area contributed by atoms with Gasteiger partial charge in [-0.1, -0.05) is 0 Å². The number of hydrogen-bond donors (Lipinski definition) is 2. The van der Waals surface area contributed by atoms with Crippen LogP contribution in [0.5, 0.6) is 5.75 Å². The molecule has 5 nitrogen and oxygen atoms in total. The molecule has 0 amide bonds. The van der Waals surface area contributed by atoms with E-state index in [0.717, 1.165) is 11.3 Å². The first-order valence-corrected chi connectivity index (χ1v) is 5.62. The quantitative estimate of drug-likeness (QED) is 0.848. The third-order valence-corrected chi connectivity index (χ3v) is 2.60. The number of H-pyrrole nitrogens is 1. The molecule has 0 aliphatic carbocycles. The molecule has 1 heterocycles. The van der Waals surface area contributed by atoms with E-state index in [4.69, 9.17) is 4.74 Å². The molecule has 0 radical (unpaired) electrons. The van der Waals surface area contributed by atoms with Gasteiger partial charge >= 0.3 is 0 Å². The molecule has 1 aromatic heterocycles. The minimum atomic E-state index is -0.120. The molecule has 0 spiro atoms. The maximum absolute atomic E-state index is 11.8. The minimum Gasteiger partial charge on any atom is -0.497 e. The van der Waals surface area contributed by atoms with Crippen molar-refractivity contribution in [1.82, 2.24) is 15.3 Å². The van der Waals surface area contributed by atoms with Gasteiger partial charge in [0, 0.05) is 23.9 Å². The highest BCUT2D eigenvalue weighted by Gasteiger charge is 2.04. The summed E-state index contributed by atoms with van der Waals surface area (Å²) in [6.07, 6.45) is 1.59. The van der Waals surface area contributed by atoms with Crippen LogP contribution in [0.15, 0.2) is 35.3 Å². The lowest BCUT2D eigenvalue weighted by Gasteiger charge is -2.04. The fourth-order valence-electron chi connectivity index (χ4n) is 1.63. The standard InChI is InChI=1S/C13H15N3O2/c1-14-7-10-8-15-12(16-13(10)17)9-3-5-11(18-2)6-4-9/h3-6,8,14H,7H2,1-2H3,(H,15,16,17). The van der Waals surface area contributed by atoms with Crippen LogP contribution in [0.1, 0.15) is 5.56 Å². The molecule has 0 saturated carbocycles. The van der Waals surface area contributed by atoms with E-state index in [1.807, 2.05) is 24.3 Å². The zero-order valence-electron chi connectivity index (χ0n) is 10.4. The van der Waals surface area contributed by atoms with E-state index < -0.39 is 0 Å². The van der Waals surface area contributed by atoms with Crippen LogP contribution in [0.25, 0.3) is 11.4 Å². The summed E-state index contributed by atoms with van der Waals surface area (Å²) in [5, 5.41) is 2.92. The van der Waals surface area contributed by atoms with E-state index in [1.54, 1.807) is 20.4 Å². The van der Waals surface area contributed by atoms with Crippen LogP contribution in [0, 0.1) is 0 Å². The summed E-state index contributed by atoms with van der Waals surface area (Å²) >= 11 is 0. The molecule has 0 atom stereocenters. The van der Waals surface area contributed by atoms with Gasteiger partial charge in [-0.15, -0.1) is 0 Å². The number of ether oxygens (including phenoxy) is 1. The van der Waals surface area contributed by atoms with E-state index >= 15 is 0 Å². The molecule has 94 valence electrons. The van der Waals surface area contributed by atoms with Gasteiger partial charge < -0.3 is 15.0 Å². The molecule has 0 saturated heterocycles. The van der Waals surface area contributed by atoms with E-state index in [-0.39, 0.29) is 5.56 Å². The Bertz CT molecular complexity index is 576. The molecule has 0 bridgehead atoms. The Morgan fingerprint density at radius 3 is 2.61 bits per heavy atom.